The van der Waals surface area contributed by atoms with Gasteiger partial charge in [0, 0.05) is 48.2 Å². The lowest BCUT2D eigenvalue weighted by Gasteiger charge is -2.23. The fourth-order valence-electron chi connectivity index (χ4n) is 4.90. The van der Waals surface area contributed by atoms with Gasteiger partial charge in [-0.05, 0) is 54.3 Å². The first-order chi connectivity index (χ1) is 16.1. The van der Waals surface area contributed by atoms with Crippen LogP contribution in [0.25, 0.3) is 10.9 Å². The van der Waals surface area contributed by atoms with Crippen LogP contribution in [0, 0.1) is 0 Å². The number of benzene rings is 2. The number of hydrogen-bond donors (Lipinski definition) is 1. The predicted molar refractivity (Wildman–Crippen MR) is 135 cm³/mol. The molecule has 5 rings (SSSR count). The van der Waals surface area contributed by atoms with E-state index < -0.39 is 5.41 Å². The molecule has 2 amide bonds. The zero-order valence-electron chi connectivity index (χ0n) is 20.7. The van der Waals surface area contributed by atoms with Crippen molar-refractivity contribution in [1.82, 2.24) is 9.47 Å². The molecule has 0 atom stereocenters. The van der Waals surface area contributed by atoms with Crippen molar-refractivity contribution in [3.05, 3.63) is 59.3 Å². The fraction of sp³-hybridized carbons (Fsp3) is 0.429. The van der Waals surface area contributed by atoms with Crippen LogP contribution in [0.4, 0.5) is 5.69 Å². The van der Waals surface area contributed by atoms with E-state index in [1.54, 1.807) is 19.0 Å². The molecule has 3 aromatic rings. The maximum atomic E-state index is 13.4. The van der Waals surface area contributed by atoms with E-state index in [0.29, 0.717) is 6.61 Å². The highest BCUT2D eigenvalue weighted by Gasteiger charge is 2.51. The molecule has 6 heteroatoms. The van der Waals surface area contributed by atoms with Crippen LogP contribution < -0.4 is 10.1 Å². The third kappa shape index (κ3) is 3.85. The first-order valence-electron chi connectivity index (χ1n) is 12.0. The normalized spacial score (nSPS) is 16.1. The molecular weight excluding hydrogens is 426 g/mol. The Morgan fingerprint density at radius 2 is 1.85 bits per heavy atom. The van der Waals surface area contributed by atoms with Gasteiger partial charge in [0.1, 0.15) is 12.3 Å². The van der Waals surface area contributed by atoms with Crippen LogP contribution in [-0.4, -0.2) is 42.0 Å². The SMILES string of the molecule is CN(C)C(=O)Cn1c(C(C)(C)C)cc2cc(NC(=O)C3(c4ccc5c(c4)OCC5)CC3)ccc21. The number of nitrogens with zero attached hydrogens (tertiary/aromatic N) is 2. The summed E-state index contributed by atoms with van der Waals surface area (Å²) in [5.74, 6) is 0.999. The molecule has 0 saturated heterocycles. The van der Waals surface area contributed by atoms with Gasteiger partial charge in [0.05, 0.1) is 12.0 Å². The van der Waals surface area contributed by atoms with Gasteiger partial charge in [0.2, 0.25) is 11.8 Å². The van der Waals surface area contributed by atoms with Crippen molar-refractivity contribution in [3.63, 3.8) is 0 Å². The molecule has 1 saturated carbocycles. The summed E-state index contributed by atoms with van der Waals surface area (Å²) in [4.78, 5) is 27.5. The number of likely N-dealkylation sites (N-methyl/N-ethyl adjacent to an activating group) is 1. The number of anilines is 1. The smallest absolute Gasteiger partial charge is 0.242 e. The number of hydrogen-bond acceptors (Lipinski definition) is 3. The fourth-order valence-corrected chi connectivity index (χ4v) is 4.90. The third-order valence-electron chi connectivity index (χ3n) is 7.15. The van der Waals surface area contributed by atoms with Crippen molar-refractivity contribution in [3.8, 4) is 5.75 Å². The number of rotatable bonds is 5. The molecule has 1 aliphatic heterocycles. The number of nitrogens with one attached hydrogen (secondary N) is 1. The van der Waals surface area contributed by atoms with Crippen molar-refractivity contribution < 1.29 is 14.3 Å². The van der Waals surface area contributed by atoms with E-state index in [-0.39, 0.29) is 23.8 Å². The number of aromatic nitrogens is 1. The van der Waals surface area contributed by atoms with Crippen LogP contribution in [0.3, 0.4) is 0 Å². The molecular formula is C28H33N3O3. The average Bonchev–Trinajstić information content (AvgIpc) is 3.32. The van der Waals surface area contributed by atoms with Crippen LogP contribution in [0.1, 0.15) is 50.4 Å². The second kappa shape index (κ2) is 7.90. The van der Waals surface area contributed by atoms with Crippen molar-refractivity contribution >= 4 is 28.4 Å². The minimum Gasteiger partial charge on any atom is -0.493 e. The van der Waals surface area contributed by atoms with E-state index in [4.69, 9.17) is 4.74 Å². The standard InChI is InChI=1S/C28H33N3O3/c1-27(2,3)24-15-19-14-21(8-9-22(19)31(24)17-25(32)30(4)5)29-26(33)28(11-12-28)20-7-6-18-10-13-34-23(18)16-20/h6-9,14-16H,10-13,17H2,1-5H3,(H,29,33). The molecule has 2 aliphatic rings. The summed E-state index contributed by atoms with van der Waals surface area (Å²) in [6.45, 7) is 7.46. The van der Waals surface area contributed by atoms with Gasteiger partial charge < -0.3 is 19.5 Å². The minimum absolute atomic E-state index is 0.0306. The molecule has 0 radical (unpaired) electrons. The summed E-state index contributed by atoms with van der Waals surface area (Å²) in [5, 5.41) is 4.18. The summed E-state index contributed by atoms with van der Waals surface area (Å²) in [6.07, 6.45) is 2.62. The van der Waals surface area contributed by atoms with Gasteiger partial charge in [0.25, 0.3) is 0 Å². The van der Waals surface area contributed by atoms with E-state index in [0.717, 1.165) is 52.9 Å². The highest BCUT2D eigenvalue weighted by atomic mass is 16.5. The minimum atomic E-state index is -0.476. The Balaban J connectivity index is 1.43. The van der Waals surface area contributed by atoms with E-state index in [1.165, 1.54) is 5.56 Å². The Hall–Kier alpha value is -3.28. The molecule has 1 aromatic heterocycles. The third-order valence-corrected chi connectivity index (χ3v) is 7.15. The summed E-state index contributed by atoms with van der Waals surface area (Å²) < 4.78 is 7.82. The summed E-state index contributed by atoms with van der Waals surface area (Å²) in [7, 11) is 3.55. The lowest BCUT2D eigenvalue weighted by molar-refractivity contribution is -0.129. The maximum absolute atomic E-state index is 13.4. The molecule has 1 N–H and O–H groups in total. The molecule has 2 aromatic carbocycles. The van der Waals surface area contributed by atoms with Crippen LogP contribution in [0.2, 0.25) is 0 Å². The maximum Gasteiger partial charge on any atom is 0.242 e. The van der Waals surface area contributed by atoms with Gasteiger partial charge in [-0.25, -0.2) is 0 Å². The summed E-state index contributed by atoms with van der Waals surface area (Å²) in [5.41, 5.74) is 4.53. The molecule has 178 valence electrons. The van der Waals surface area contributed by atoms with Crippen LogP contribution in [0.15, 0.2) is 42.5 Å². The number of amides is 2. The summed E-state index contributed by atoms with van der Waals surface area (Å²) >= 11 is 0. The molecule has 6 nitrogen and oxygen atoms in total. The van der Waals surface area contributed by atoms with Crippen molar-refractivity contribution in [1.29, 1.82) is 0 Å². The lowest BCUT2D eigenvalue weighted by atomic mass is 9.92. The van der Waals surface area contributed by atoms with Gasteiger partial charge in [-0.3, -0.25) is 9.59 Å². The van der Waals surface area contributed by atoms with Gasteiger partial charge in [0.15, 0.2) is 0 Å². The molecule has 1 aliphatic carbocycles. The van der Waals surface area contributed by atoms with Crippen LogP contribution in [-0.2, 0) is 33.4 Å². The van der Waals surface area contributed by atoms with E-state index in [1.807, 2.05) is 18.2 Å². The number of carbonyl (C=O) groups is 2. The first-order valence-corrected chi connectivity index (χ1v) is 12.0. The topological polar surface area (TPSA) is 63.6 Å². The Labute approximate surface area is 200 Å². The molecule has 2 heterocycles. The zero-order chi connectivity index (χ0) is 24.3. The van der Waals surface area contributed by atoms with Crippen molar-refractivity contribution in [2.24, 2.45) is 0 Å². The molecule has 1 fully saturated rings. The Kier molecular flexibility index (Phi) is 5.23. The number of ether oxygens (including phenoxy) is 1. The number of carbonyl (C=O) groups excluding carboxylic acids is 2. The van der Waals surface area contributed by atoms with Crippen molar-refractivity contribution in [2.75, 3.05) is 26.0 Å². The van der Waals surface area contributed by atoms with E-state index >= 15 is 0 Å². The Bertz CT molecular complexity index is 1290. The highest BCUT2D eigenvalue weighted by molar-refractivity contribution is 6.02. The zero-order valence-corrected chi connectivity index (χ0v) is 20.7. The monoisotopic (exact) mass is 459 g/mol. The van der Waals surface area contributed by atoms with Gasteiger partial charge in [-0.2, -0.15) is 0 Å². The van der Waals surface area contributed by atoms with Gasteiger partial charge in [-0.15, -0.1) is 0 Å². The molecule has 0 spiro atoms. The Morgan fingerprint density at radius 1 is 1.09 bits per heavy atom. The molecule has 34 heavy (non-hydrogen) atoms. The number of fused-ring (bicyclic) bond motifs is 2. The second-order valence-corrected chi connectivity index (χ2v) is 10.9. The van der Waals surface area contributed by atoms with E-state index in [2.05, 4.69) is 54.9 Å². The van der Waals surface area contributed by atoms with Crippen LogP contribution >= 0.6 is 0 Å². The quantitative estimate of drug-likeness (QED) is 0.605. The van der Waals surface area contributed by atoms with Crippen LogP contribution in [0.5, 0.6) is 5.75 Å². The highest BCUT2D eigenvalue weighted by Crippen LogP contribution is 2.50. The lowest BCUT2D eigenvalue weighted by Crippen LogP contribution is -2.29. The van der Waals surface area contributed by atoms with E-state index in [9.17, 15) is 9.59 Å². The van der Waals surface area contributed by atoms with Gasteiger partial charge in [-0.1, -0.05) is 32.9 Å². The molecule has 0 bridgehead atoms. The second-order valence-electron chi connectivity index (χ2n) is 10.9. The average molecular weight is 460 g/mol. The molecule has 0 unspecified atom stereocenters. The largest absolute Gasteiger partial charge is 0.493 e. The first kappa shape index (κ1) is 22.5. The van der Waals surface area contributed by atoms with Gasteiger partial charge >= 0.3 is 0 Å². The Morgan fingerprint density at radius 3 is 2.53 bits per heavy atom. The summed E-state index contributed by atoms with van der Waals surface area (Å²) in [6, 6.07) is 14.3. The van der Waals surface area contributed by atoms with Crippen molar-refractivity contribution in [2.45, 2.75) is 57.4 Å². The predicted octanol–water partition coefficient (Wildman–Crippen LogP) is 4.63.